The van der Waals surface area contributed by atoms with Crippen LogP contribution in [-0.2, 0) is 26.2 Å². The van der Waals surface area contributed by atoms with Crippen molar-refractivity contribution in [2.45, 2.75) is 58.5 Å². The molecule has 0 aliphatic heterocycles. The van der Waals surface area contributed by atoms with Crippen LogP contribution in [0.2, 0.25) is 15.1 Å². The number of aryl methyl sites for hydroxylation is 1. The highest BCUT2D eigenvalue weighted by Crippen LogP contribution is 2.32. The Morgan fingerprint density at radius 2 is 1.45 bits per heavy atom. The normalized spacial score (nSPS) is 12.2. The molecule has 0 saturated heterocycles. The number of carbonyl (C=O) groups excluding carboxylic acids is 2. The number of anilines is 1. The van der Waals surface area contributed by atoms with Gasteiger partial charge < -0.3 is 10.2 Å². The minimum atomic E-state index is -4.23. The molecule has 0 saturated carbocycles. The van der Waals surface area contributed by atoms with Gasteiger partial charge in [-0.05, 0) is 68.1 Å². The molecule has 0 bridgehead atoms. The number of rotatable bonds is 12. The lowest BCUT2D eigenvalue weighted by Crippen LogP contribution is -2.52. The lowest BCUT2D eigenvalue weighted by atomic mass is 10.1. The van der Waals surface area contributed by atoms with Gasteiger partial charge in [-0.2, -0.15) is 0 Å². The number of nitrogens with one attached hydrogen (secondary N) is 1. The van der Waals surface area contributed by atoms with Gasteiger partial charge in [-0.15, -0.1) is 0 Å². The molecule has 2 amide bonds. The van der Waals surface area contributed by atoms with Gasteiger partial charge in [0, 0.05) is 33.7 Å². The first-order valence-corrected chi connectivity index (χ1v) is 16.2. The van der Waals surface area contributed by atoms with E-state index >= 15 is 0 Å². The van der Waals surface area contributed by atoms with E-state index in [2.05, 4.69) is 5.32 Å². The summed E-state index contributed by atoms with van der Waals surface area (Å²) >= 11 is 19.3. The number of sulfonamides is 1. The molecule has 1 N–H and O–H groups in total. The number of carbonyl (C=O) groups is 2. The highest BCUT2D eigenvalue weighted by Gasteiger charge is 2.35. The van der Waals surface area contributed by atoms with E-state index in [4.69, 9.17) is 34.8 Å². The Hall–Kier alpha value is -2.78. The first-order valence-electron chi connectivity index (χ1n) is 13.6. The number of halogens is 3. The van der Waals surface area contributed by atoms with Gasteiger partial charge >= 0.3 is 0 Å². The number of hydrogen-bond donors (Lipinski definition) is 1. The minimum absolute atomic E-state index is 0.0164. The second-order valence-corrected chi connectivity index (χ2v) is 13.6. The summed E-state index contributed by atoms with van der Waals surface area (Å²) in [4.78, 5) is 29.0. The topological polar surface area (TPSA) is 86.8 Å². The van der Waals surface area contributed by atoms with Crippen LogP contribution in [0.5, 0.6) is 0 Å². The maximum Gasteiger partial charge on any atom is 0.264 e. The van der Waals surface area contributed by atoms with Gasteiger partial charge in [0.1, 0.15) is 12.6 Å². The van der Waals surface area contributed by atoms with Crippen LogP contribution in [0.25, 0.3) is 0 Å². The van der Waals surface area contributed by atoms with Gasteiger partial charge in [0.2, 0.25) is 11.8 Å². The third-order valence-corrected chi connectivity index (χ3v) is 9.75. The summed E-state index contributed by atoms with van der Waals surface area (Å²) in [7, 11) is -4.23. The molecule has 1 unspecified atom stereocenters. The van der Waals surface area contributed by atoms with Crippen molar-refractivity contribution in [3.05, 3.63) is 92.4 Å². The standard InChI is InChI=1S/C31H36Cl3N3O4S/c1-6-28(31(39)35-17-20(2)3)36(18-24-26(33)10-7-11-27(24)34)30(38)19-37(29-12-8-9-25(32)22(29)5)42(40,41)23-15-13-21(4)14-16-23/h7-16,20,28H,6,17-19H2,1-5H3,(H,35,39). The van der Waals surface area contributed by atoms with Crippen LogP contribution in [0, 0.1) is 19.8 Å². The van der Waals surface area contributed by atoms with Crippen LogP contribution in [0.4, 0.5) is 5.69 Å². The Morgan fingerprint density at radius 3 is 2.02 bits per heavy atom. The lowest BCUT2D eigenvalue weighted by molar-refractivity contribution is -0.140. The molecule has 0 aromatic heterocycles. The fourth-order valence-electron chi connectivity index (χ4n) is 4.41. The Morgan fingerprint density at radius 1 is 0.881 bits per heavy atom. The van der Waals surface area contributed by atoms with E-state index in [1.54, 1.807) is 62.4 Å². The predicted octanol–water partition coefficient (Wildman–Crippen LogP) is 7.04. The molecule has 0 aliphatic carbocycles. The average molecular weight is 653 g/mol. The van der Waals surface area contributed by atoms with Crippen molar-refractivity contribution in [2.24, 2.45) is 5.92 Å². The molecule has 0 radical (unpaired) electrons. The third kappa shape index (κ3) is 7.98. The van der Waals surface area contributed by atoms with Gasteiger partial charge in [0.05, 0.1) is 10.6 Å². The van der Waals surface area contributed by atoms with Crippen molar-refractivity contribution >= 4 is 62.3 Å². The molecule has 3 aromatic carbocycles. The van der Waals surface area contributed by atoms with E-state index in [1.807, 2.05) is 20.8 Å². The maximum absolute atomic E-state index is 14.2. The molecular weight excluding hydrogens is 617 g/mol. The molecule has 3 aromatic rings. The van der Waals surface area contributed by atoms with E-state index < -0.39 is 28.5 Å². The molecule has 0 heterocycles. The van der Waals surface area contributed by atoms with E-state index in [9.17, 15) is 18.0 Å². The zero-order valence-corrected chi connectivity index (χ0v) is 27.4. The SMILES string of the molecule is CCC(C(=O)NCC(C)C)N(Cc1c(Cl)cccc1Cl)C(=O)CN(c1cccc(Cl)c1C)S(=O)(=O)c1ccc(C)cc1. The number of nitrogens with zero attached hydrogens (tertiary/aromatic N) is 2. The molecule has 0 aliphatic rings. The highest BCUT2D eigenvalue weighted by molar-refractivity contribution is 7.92. The number of amides is 2. The van der Waals surface area contributed by atoms with Gasteiger partial charge in [0.25, 0.3) is 10.0 Å². The average Bonchev–Trinajstić information content (AvgIpc) is 2.93. The fourth-order valence-corrected chi connectivity index (χ4v) is 6.57. The summed E-state index contributed by atoms with van der Waals surface area (Å²) < 4.78 is 29.2. The van der Waals surface area contributed by atoms with Crippen LogP contribution in [0.1, 0.15) is 43.9 Å². The summed E-state index contributed by atoms with van der Waals surface area (Å²) in [6.45, 7) is 8.99. The summed E-state index contributed by atoms with van der Waals surface area (Å²) in [5, 5.41) is 3.90. The maximum atomic E-state index is 14.2. The second kappa shape index (κ2) is 14.6. The smallest absolute Gasteiger partial charge is 0.264 e. The van der Waals surface area contributed by atoms with Crippen LogP contribution < -0.4 is 9.62 Å². The number of benzene rings is 3. The molecule has 3 rings (SSSR count). The van der Waals surface area contributed by atoms with Crippen molar-refractivity contribution in [3.8, 4) is 0 Å². The van der Waals surface area contributed by atoms with Crippen molar-refractivity contribution in [3.63, 3.8) is 0 Å². The lowest BCUT2D eigenvalue weighted by Gasteiger charge is -2.34. The summed E-state index contributed by atoms with van der Waals surface area (Å²) in [5.41, 5.74) is 2.09. The van der Waals surface area contributed by atoms with E-state index in [0.717, 1.165) is 9.87 Å². The monoisotopic (exact) mass is 651 g/mol. The number of hydrogen-bond acceptors (Lipinski definition) is 4. The van der Waals surface area contributed by atoms with Crippen LogP contribution in [0.15, 0.2) is 65.6 Å². The van der Waals surface area contributed by atoms with Gasteiger partial charge in [-0.1, -0.05) is 85.4 Å². The molecular formula is C31H36Cl3N3O4S. The van der Waals surface area contributed by atoms with Crippen LogP contribution in [-0.4, -0.2) is 44.3 Å². The quantitative estimate of drug-likeness (QED) is 0.227. The molecule has 0 fully saturated rings. The molecule has 7 nitrogen and oxygen atoms in total. The van der Waals surface area contributed by atoms with Crippen molar-refractivity contribution in [1.82, 2.24) is 10.2 Å². The highest BCUT2D eigenvalue weighted by atomic mass is 35.5. The summed E-state index contributed by atoms with van der Waals surface area (Å²) in [6.07, 6.45) is 0.276. The molecule has 11 heteroatoms. The van der Waals surface area contributed by atoms with Gasteiger partial charge in [0.15, 0.2) is 0 Å². The van der Waals surface area contributed by atoms with Crippen LogP contribution >= 0.6 is 34.8 Å². The van der Waals surface area contributed by atoms with Gasteiger partial charge in [-0.25, -0.2) is 8.42 Å². The first kappa shape index (κ1) is 33.7. The third-order valence-electron chi connectivity index (χ3n) is 6.86. The van der Waals surface area contributed by atoms with E-state index in [0.29, 0.717) is 32.7 Å². The van der Waals surface area contributed by atoms with Gasteiger partial charge in [-0.3, -0.25) is 13.9 Å². The summed E-state index contributed by atoms with van der Waals surface area (Å²) in [5.74, 6) is -0.767. The largest absolute Gasteiger partial charge is 0.354 e. The van der Waals surface area contributed by atoms with Crippen molar-refractivity contribution in [1.29, 1.82) is 0 Å². The Bertz CT molecular complexity index is 1510. The fraction of sp³-hybridized carbons (Fsp3) is 0.355. The Labute approximate surface area is 263 Å². The molecule has 0 spiro atoms. The zero-order chi connectivity index (χ0) is 31.2. The molecule has 42 heavy (non-hydrogen) atoms. The van der Waals surface area contributed by atoms with Crippen molar-refractivity contribution in [2.75, 3.05) is 17.4 Å². The van der Waals surface area contributed by atoms with Crippen LogP contribution in [0.3, 0.4) is 0 Å². The predicted molar refractivity (Wildman–Crippen MR) is 171 cm³/mol. The summed E-state index contributed by atoms with van der Waals surface area (Å²) in [6, 6.07) is 15.3. The van der Waals surface area contributed by atoms with E-state index in [1.165, 1.54) is 17.0 Å². The van der Waals surface area contributed by atoms with Crippen molar-refractivity contribution < 1.29 is 18.0 Å². The second-order valence-electron chi connectivity index (χ2n) is 10.5. The Kier molecular flexibility index (Phi) is 11.7. The zero-order valence-electron chi connectivity index (χ0n) is 24.3. The Balaban J connectivity index is 2.13. The minimum Gasteiger partial charge on any atom is -0.354 e. The first-order chi connectivity index (χ1) is 19.8. The molecule has 1 atom stereocenters. The van der Waals surface area contributed by atoms with E-state index in [-0.39, 0.29) is 35.4 Å². The molecule has 226 valence electrons.